The summed E-state index contributed by atoms with van der Waals surface area (Å²) in [7, 11) is 3.49. The second-order valence-corrected chi connectivity index (χ2v) is 5.38. The van der Waals surface area contributed by atoms with Crippen molar-refractivity contribution in [1.82, 2.24) is 14.8 Å². The molecule has 0 saturated heterocycles. The maximum absolute atomic E-state index is 11.4. The Morgan fingerprint density at radius 1 is 1.30 bits per heavy atom. The number of amides is 1. The summed E-state index contributed by atoms with van der Waals surface area (Å²) in [6.45, 7) is 3.48. The minimum atomic E-state index is -0.119. The van der Waals surface area contributed by atoms with Gasteiger partial charge < -0.3 is 10.1 Å². The van der Waals surface area contributed by atoms with Gasteiger partial charge in [0.1, 0.15) is 11.3 Å². The molecule has 118 valence electrons. The summed E-state index contributed by atoms with van der Waals surface area (Å²) < 4.78 is 7.22. The van der Waals surface area contributed by atoms with E-state index in [9.17, 15) is 4.79 Å². The van der Waals surface area contributed by atoms with Crippen molar-refractivity contribution in [2.45, 2.75) is 13.8 Å². The second kappa shape index (κ2) is 5.72. The van der Waals surface area contributed by atoms with Crippen LogP contribution >= 0.6 is 0 Å². The van der Waals surface area contributed by atoms with Gasteiger partial charge in [-0.1, -0.05) is 0 Å². The molecule has 1 N–H and O–H groups in total. The first-order valence-corrected chi connectivity index (χ1v) is 7.25. The number of pyridine rings is 1. The Morgan fingerprint density at radius 3 is 2.70 bits per heavy atom. The van der Waals surface area contributed by atoms with Gasteiger partial charge in [-0.25, -0.2) is 4.98 Å². The van der Waals surface area contributed by atoms with Crippen LogP contribution < -0.4 is 10.1 Å². The summed E-state index contributed by atoms with van der Waals surface area (Å²) in [5, 5.41) is 7.92. The van der Waals surface area contributed by atoms with Gasteiger partial charge in [0.05, 0.1) is 24.2 Å². The maximum atomic E-state index is 11.4. The number of nitrogens with one attached hydrogen (secondary N) is 1. The number of aryl methyl sites for hydroxylation is 2. The Morgan fingerprint density at radius 2 is 2.09 bits per heavy atom. The van der Waals surface area contributed by atoms with Crippen molar-refractivity contribution in [3.8, 4) is 17.1 Å². The highest BCUT2D eigenvalue weighted by Crippen LogP contribution is 2.35. The minimum absolute atomic E-state index is 0.119. The zero-order valence-electron chi connectivity index (χ0n) is 13.5. The molecule has 0 aliphatic rings. The van der Waals surface area contributed by atoms with Crippen LogP contribution in [0.3, 0.4) is 0 Å². The Balaban J connectivity index is 2.30. The highest BCUT2D eigenvalue weighted by Gasteiger charge is 2.15. The van der Waals surface area contributed by atoms with E-state index < -0.39 is 0 Å². The Labute approximate surface area is 134 Å². The van der Waals surface area contributed by atoms with E-state index in [0.29, 0.717) is 5.75 Å². The van der Waals surface area contributed by atoms with E-state index in [0.717, 1.165) is 33.5 Å². The van der Waals surface area contributed by atoms with Gasteiger partial charge in [-0.2, -0.15) is 5.10 Å². The van der Waals surface area contributed by atoms with Crippen molar-refractivity contribution < 1.29 is 9.53 Å². The molecule has 2 aromatic heterocycles. The molecule has 0 saturated carbocycles. The zero-order chi connectivity index (χ0) is 16.6. The molecule has 0 aliphatic heterocycles. The minimum Gasteiger partial charge on any atom is -0.494 e. The van der Waals surface area contributed by atoms with Gasteiger partial charge in [0, 0.05) is 25.6 Å². The molecule has 6 nitrogen and oxygen atoms in total. The van der Waals surface area contributed by atoms with Crippen LogP contribution in [0, 0.1) is 6.92 Å². The molecule has 1 aromatic carbocycles. The first kappa shape index (κ1) is 15.0. The van der Waals surface area contributed by atoms with E-state index >= 15 is 0 Å². The highest BCUT2D eigenvalue weighted by molar-refractivity contribution is 6.04. The van der Waals surface area contributed by atoms with Crippen molar-refractivity contribution in [2.24, 2.45) is 7.05 Å². The highest BCUT2D eigenvalue weighted by atomic mass is 16.5. The zero-order valence-corrected chi connectivity index (χ0v) is 13.5. The lowest BCUT2D eigenvalue weighted by atomic mass is 10.0. The summed E-state index contributed by atoms with van der Waals surface area (Å²) in [6.07, 6.45) is 1.74. The largest absolute Gasteiger partial charge is 0.494 e. The first-order chi connectivity index (χ1) is 11.0. The van der Waals surface area contributed by atoms with E-state index in [-0.39, 0.29) is 5.91 Å². The monoisotopic (exact) mass is 310 g/mol. The van der Waals surface area contributed by atoms with Gasteiger partial charge in [0.15, 0.2) is 0 Å². The lowest BCUT2D eigenvalue weighted by molar-refractivity contribution is -0.114. The van der Waals surface area contributed by atoms with E-state index in [4.69, 9.17) is 9.72 Å². The number of hydrogen-bond acceptors (Lipinski definition) is 4. The summed E-state index contributed by atoms with van der Waals surface area (Å²) >= 11 is 0. The van der Waals surface area contributed by atoms with E-state index in [1.165, 1.54) is 6.92 Å². The van der Waals surface area contributed by atoms with Crippen LogP contribution in [0.4, 0.5) is 5.69 Å². The smallest absolute Gasteiger partial charge is 0.221 e. The average molecular weight is 310 g/mol. The number of hydrogen-bond donors (Lipinski definition) is 1. The number of carbonyl (C=O) groups is 1. The van der Waals surface area contributed by atoms with Gasteiger partial charge in [-0.05, 0) is 36.8 Å². The molecular weight excluding hydrogens is 292 g/mol. The number of aromatic nitrogens is 3. The summed E-state index contributed by atoms with van der Waals surface area (Å²) in [4.78, 5) is 16.2. The fourth-order valence-corrected chi connectivity index (χ4v) is 2.73. The van der Waals surface area contributed by atoms with Gasteiger partial charge in [0.25, 0.3) is 0 Å². The maximum Gasteiger partial charge on any atom is 0.221 e. The van der Waals surface area contributed by atoms with Crippen molar-refractivity contribution in [1.29, 1.82) is 0 Å². The molecule has 0 spiro atoms. The number of benzene rings is 1. The van der Waals surface area contributed by atoms with Gasteiger partial charge in [0.2, 0.25) is 5.91 Å². The average Bonchev–Trinajstić information content (AvgIpc) is 2.92. The molecule has 0 bridgehead atoms. The fourth-order valence-electron chi connectivity index (χ4n) is 2.73. The molecule has 2 heterocycles. The fraction of sp³-hybridized carbons (Fsp3) is 0.235. The molecule has 1 amide bonds. The number of anilines is 1. The molecule has 0 atom stereocenters. The van der Waals surface area contributed by atoms with Crippen molar-refractivity contribution in [3.63, 3.8) is 0 Å². The number of carbonyl (C=O) groups excluding carboxylic acids is 1. The molecule has 0 unspecified atom stereocenters. The summed E-state index contributed by atoms with van der Waals surface area (Å²) in [5.74, 6) is 0.549. The first-order valence-electron chi connectivity index (χ1n) is 7.25. The van der Waals surface area contributed by atoms with Gasteiger partial charge in [-0.15, -0.1) is 0 Å². The number of rotatable bonds is 3. The standard InChI is InChI=1S/C17H18N4O2/c1-10-9-13(14-7-8-18-21(14)3)20-17-15(23-4)6-5-12(16(10)17)19-11(2)22/h5-9H,1-4H3,(H,19,22). The van der Waals surface area contributed by atoms with E-state index in [1.807, 2.05) is 38.2 Å². The summed E-state index contributed by atoms with van der Waals surface area (Å²) in [5.41, 5.74) is 4.19. The third-order valence-corrected chi connectivity index (χ3v) is 3.73. The van der Waals surface area contributed by atoms with Crippen molar-refractivity contribution in [3.05, 3.63) is 36.0 Å². The molecular formula is C17H18N4O2. The normalized spacial score (nSPS) is 10.8. The molecule has 3 aromatic rings. The Kier molecular flexibility index (Phi) is 3.73. The van der Waals surface area contributed by atoms with Crippen LogP contribution in [-0.2, 0) is 11.8 Å². The van der Waals surface area contributed by atoms with Crippen LogP contribution in [0.15, 0.2) is 30.5 Å². The SMILES string of the molecule is COc1ccc(NC(C)=O)c2c(C)cc(-c3ccnn3C)nc12. The van der Waals surface area contributed by atoms with Crippen LogP contribution in [0.2, 0.25) is 0 Å². The van der Waals surface area contributed by atoms with Crippen molar-refractivity contribution in [2.75, 3.05) is 12.4 Å². The second-order valence-electron chi connectivity index (χ2n) is 5.38. The number of ether oxygens (including phenoxy) is 1. The Hall–Kier alpha value is -2.89. The quantitative estimate of drug-likeness (QED) is 0.807. The lowest BCUT2D eigenvalue weighted by Crippen LogP contribution is -2.07. The third kappa shape index (κ3) is 2.63. The predicted octanol–water partition coefficient (Wildman–Crippen LogP) is 2.91. The molecule has 23 heavy (non-hydrogen) atoms. The third-order valence-electron chi connectivity index (χ3n) is 3.73. The molecule has 0 radical (unpaired) electrons. The van der Waals surface area contributed by atoms with E-state index in [1.54, 1.807) is 18.0 Å². The van der Waals surface area contributed by atoms with E-state index in [2.05, 4.69) is 10.4 Å². The van der Waals surface area contributed by atoms with Crippen LogP contribution in [0.1, 0.15) is 12.5 Å². The van der Waals surface area contributed by atoms with Crippen LogP contribution in [0.25, 0.3) is 22.3 Å². The van der Waals surface area contributed by atoms with Gasteiger partial charge in [-0.3, -0.25) is 9.48 Å². The van der Waals surface area contributed by atoms with Crippen molar-refractivity contribution >= 4 is 22.5 Å². The Bertz CT molecular complexity index is 899. The van der Waals surface area contributed by atoms with Crippen LogP contribution in [-0.4, -0.2) is 27.8 Å². The molecule has 0 aliphatic carbocycles. The lowest BCUT2D eigenvalue weighted by Gasteiger charge is -2.14. The predicted molar refractivity (Wildman–Crippen MR) is 89.5 cm³/mol. The number of fused-ring (bicyclic) bond motifs is 1. The molecule has 0 fully saturated rings. The summed E-state index contributed by atoms with van der Waals surface area (Å²) in [6, 6.07) is 7.55. The number of nitrogens with zero attached hydrogens (tertiary/aromatic N) is 3. The van der Waals surface area contributed by atoms with Gasteiger partial charge >= 0.3 is 0 Å². The van der Waals surface area contributed by atoms with Crippen LogP contribution in [0.5, 0.6) is 5.75 Å². The molecule has 6 heteroatoms. The topological polar surface area (TPSA) is 69.0 Å². The number of methoxy groups -OCH3 is 1. The molecule has 3 rings (SSSR count).